The number of ketones is 1. The fourth-order valence-electron chi connectivity index (χ4n) is 1.79. The number of carbonyl (C=O) groups excluding carboxylic acids is 2. The van der Waals surface area contributed by atoms with Crippen molar-refractivity contribution in [2.75, 3.05) is 4.90 Å². The van der Waals surface area contributed by atoms with E-state index in [4.69, 9.17) is 5.73 Å². The number of allylic oxidation sites excluding steroid dienone is 1. The summed E-state index contributed by atoms with van der Waals surface area (Å²) in [5.74, 6) is 0.00750. The summed E-state index contributed by atoms with van der Waals surface area (Å²) in [6, 6.07) is 6.39. The van der Waals surface area contributed by atoms with Crippen LogP contribution >= 0.6 is 0 Å². The third-order valence-electron chi connectivity index (χ3n) is 2.49. The van der Waals surface area contributed by atoms with Crippen LogP contribution in [0.4, 0.5) is 10.5 Å². The molecular formula is C12H12N2O2. The van der Waals surface area contributed by atoms with Gasteiger partial charge in [-0.25, -0.2) is 4.79 Å². The van der Waals surface area contributed by atoms with Gasteiger partial charge >= 0.3 is 6.03 Å². The molecule has 0 fully saturated rings. The van der Waals surface area contributed by atoms with Crippen molar-refractivity contribution >= 4 is 17.5 Å². The Hall–Kier alpha value is -2.10. The highest BCUT2D eigenvalue weighted by atomic mass is 16.2. The van der Waals surface area contributed by atoms with Gasteiger partial charge in [-0.15, -0.1) is 0 Å². The number of amides is 2. The summed E-state index contributed by atoms with van der Waals surface area (Å²) in [4.78, 5) is 24.5. The predicted octanol–water partition coefficient (Wildman–Crippen LogP) is 2.06. The van der Waals surface area contributed by atoms with E-state index in [9.17, 15) is 9.59 Å². The van der Waals surface area contributed by atoms with Crippen molar-refractivity contribution in [3.8, 4) is 0 Å². The SMILES string of the molecule is CC1=CN(C(N)=O)c2ccccc2C(=O)C1. The average Bonchev–Trinajstić information content (AvgIpc) is 2.37. The summed E-state index contributed by atoms with van der Waals surface area (Å²) in [6.45, 7) is 1.81. The van der Waals surface area contributed by atoms with Crippen molar-refractivity contribution in [1.29, 1.82) is 0 Å². The second-order valence-electron chi connectivity index (χ2n) is 3.80. The van der Waals surface area contributed by atoms with Crippen LogP contribution in [0, 0.1) is 0 Å². The third-order valence-corrected chi connectivity index (χ3v) is 2.49. The van der Waals surface area contributed by atoms with Gasteiger partial charge in [-0.05, 0) is 24.6 Å². The van der Waals surface area contributed by atoms with Crippen LogP contribution in [0.25, 0.3) is 0 Å². The monoisotopic (exact) mass is 216 g/mol. The first-order chi connectivity index (χ1) is 7.59. The molecule has 0 aromatic heterocycles. The van der Waals surface area contributed by atoms with Crippen molar-refractivity contribution in [2.24, 2.45) is 5.73 Å². The summed E-state index contributed by atoms with van der Waals surface area (Å²) in [7, 11) is 0. The van der Waals surface area contributed by atoms with E-state index >= 15 is 0 Å². The zero-order valence-corrected chi connectivity index (χ0v) is 8.93. The van der Waals surface area contributed by atoms with E-state index in [1.807, 2.05) is 0 Å². The molecular weight excluding hydrogens is 204 g/mol. The quantitative estimate of drug-likeness (QED) is 0.721. The second-order valence-corrected chi connectivity index (χ2v) is 3.80. The highest BCUT2D eigenvalue weighted by molar-refractivity contribution is 6.07. The molecule has 0 spiro atoms. The van der Waals surface area contributed by atoms with Gasteiger partial charge in [-0.2, -0.15) is 0 Å². The van der Waals surface area contributed by atoms with E-state index in [1.54, 1.807) is 37.4 Å². The number of fused-ring (bicyclic) bond motifs is 1. The molecule has 0 saturated heterocycles. The van der Waals surface area contributed by atoms with Gasteiger partial charge in [0.05, 0.1) is 5.69 Å². The number of carbonyl (C=O) groups is 2. The maximum atomic E-state index is 11.9. The number of nitrogens with zero attached hydrogens (tertiary/aromatic N) is 1. The van der Waals surface area contributed by atoms with Crippen LogP contribution in [0.5, 0.6) is 0 Å². The second kappa shape index (κ2) is 3.81. The molecule has 2 N–H and O–H groups in total. The van der Waals surface area contributed by atoms with E-state index in [1.165, 1.54) is 4.90 Å². The normalized spacial score (nSPS) is 15.2. The average molecular weight is 216 g/mol. The zero-order valence-electron chi connectivity index (χ0n) is 8.93. The van der Waals surface area contributed by atoms with Gasteiger partial charge in [-0.1, -0.05) is 12.1 Å². The van der Waals surface area contributed by atoms with E-state index in [0.29, 0.717) is 17.7 Å². The lowest BCUT2D eigenvalue weighted by molar-refractivity contribution is 0.0994. The van der Waals surface area contributed by atoms with E-state index in [0.717, 1.165) is 5.57 Å². The lowest BCUT2D eigenvalue weighted by atomic mass is 10.0. The minimum absolute atomic E-state index is 0.00750. The molecule has 1 heterocycles. The summed E-state index contributed by atoms with van der Waals surface area (Å²) in [5.41, 5.74) is 7.20. The summed E-state index contributed by atoms with van der Waals surface area (Å²) in [5, 5.41) is 0. The number of benzene rings is 1. The van der Waals surface area contributed by atoms with Crippen molar-refractivity contribution in [2.45, 2.75) is 13.3 Å². The van der Waals surface area contributed by atoms with Gasteiger partial charge in [0.25, 0.3) is 0 Å². The maximum absolute atomic E-state index is 11.9. The van der Waals surface area contributed by atoms with Gasteiger partial charge in [-0.3, -0.25) is 9.69 Å². The molecule has 0 aliphatic carbocycles. The van der Waals surface area contributed by atoms with Gasteiger partial charge in [0.1, 0.15) is 0 Å². The van der Waals surface area contributed by atoms with Crippen molar-refractivity contribution < 1.29 is 9.59 Å². The fourth-order valence-corrected chi connectivity index (χ4v) is 1.79. The zero-order chi connectivity index (χ0) is 11.7. The van der Waals surface area contributed by atoms with Crippen molar-refractivity contribution in [1.82, 2.24) is 0 Å². The molecule has 1 aromatic rings. The molecule has 0 saturated carbocycles. The standard InChI is InChI=1S/C12H12N2O2/c1-8-6-11(15)9-4-2-3-5-10(9)14(7-8)12(13)16/h2-5,7H,6H2,1H3,(H2,13,16). The van der Waals surface area contributed by atoms with Crippen LogP contribution in [0.2, 0.25) is 0 Å². The molecule has 16 heavy (non-hydrogen) atoms. The molecule has 82 valence electrons. The molecule has 2 rings (SSSR count). The Balaban J connectivity index is 2.62. The number of nitrogens with two attached hydrogens (primary N) is 1. The number of hydrogen-bond donors (Lipinski definition) is 1. The molecule has 4 nitrogen and oxygen atoms in total. The van der Waals surface area contributed by atoms with E-state index in [2.05, 4.69) is 0 Å². The number of Topliss-reactive ketones (excluding diaryl/α,β-unsaturated/α-hetero) is 1. The van der Waals surface area contributed by atoms with Crippen LogP contribution in [-0.4, -0.2) is 11.8 Å². The van der Waals surface area contributed by atoms with E-state index < -0.39 is 6.03 Å². The summed E-state index contributed by atoms with van der Waals surface area (Å²) >= 11 is 0. The summed E-state index contributed by atoms with van der Waals surface area (Å²) < 4.78 is 0. The highest BCUT2D eigenvalue weighted by Gasteiger charge is 2.22. The van der Waals surface area contributed by atoms with E-state index in [-0.39, 0.29) is 5.78 Å². The van der Waals surface area contributed by atoms with Gasteiger partial charge < -0.3 is 5.73 Å². The fraction of sp³-hybridized carbons (Fsp3) is 0.167. The third kappa shape index (κ3) is 1.69. The molecule has 0 bridgehead atoms. The topological polar surface area (TPSA) is 63.4 Å². The predicted molar refractivity (Wildman–Crippen MR) is 61.2 cm³/mol. The van der Waals surface area contributed by atoms with Gasteiger partial charge in [0.15, 0.2) is 5.78 Å². The molecule has 4 heteroatoms. The molecule has 0 unspecified atom stereocenters. The largest absolute Gasteiger partial charge is 0.351 e. The van der Waals surface area contributed by atoms with Crippen LogP contribution in [0.3, 0.4) is 0 Å². The van der Waals surface area contributed by atoms with Crippen LogP contribution in [0.1, 0.15) is 23.7 Å². The molecule has 0 atom stereocenters. The number of rotatable bonds is 0. The molecule has 1 aromatic carbocycles. The molecule has 1 aliphatic rings. The highest BCUT2D eigenvalue weighted by Crippen LogP contribution is 2.27. The minimum atomic E-state index is -0.582. The first kappa shape index (κ1) is 10.4. The van der Waals surface area contributed by atoms with Crippen molar-refractivity contribution in [3.63, 3.8) is 0 Å². The number of urea groups is 1. The number of primary amides is 1. The number of hydrogen-bond acceptors (Lipinski definition) is 2. The van der Waals surface area contributed by atoms with Crippen LogP contribution in [0.15, 0.2) is 36.0 Å². The lowest BCUT2D eigenvalue weighted by Gasteiger charge is -2.16. The molecule has 2 amide bonds. The smallest absolute Gasteiger partial charge is 0.323 e. The van der Waals surface area contributed by atoms with Crippen LogP contribution in [-0.2, 0) is 0 Å². The first-order valence-corrected chi connectivity index (χ1v) is 4.98. The Kier molecular flexibility index (Phi) is 2.48. The lowest BCUT2D eigenvalue weighted by Crippen LogP contribution is -2.31. The number of anilines is 1. The molecule has 1 aliphatic heterocycles. The Morgan fingerprint density at radius 3 is 2.75 bits per heavy atom. The Bertz CT molecular complexity index is 492. The molecule has 0 radical (unpaired) electrons. The Labute approximate surface area is 93.3 Å². The Morgan fingerprint density at radius 2 is 2.06 bits per heavy atom. The van der Waals surface area contributed by atoms with Gasteiger partial charge in [0.2, 0.25) is 0 Å². The number of para-hydroxylation sites is 1. The van der Waals surface area contributed by atoms with Crippen LogP contribution < -0.4 is 10.6 Å². The van der Waals surface area contributed by atoms with Gasteiger partial charge in [0, 0.05) is 18.2 Å². The first-order valence-electron chi connectivity index (χ1n) is 4.98. The van der Waals surface area contributed by atoms with Crippen molar-refractivity contribution in [3.05, 3.63) is 41.6 Å². The Morgan fingerprint density at radius 1 is 1.38 bits per heavy atom. The summed E-state index contributed by atoms with van der Waals surface area (Å²) in [6.07, 6.45) is 1.94. The minimum Gasteiger partial charge on any atom is -0.351 e. The maximum Gasteiger partial charge on any atom is 0.323 e.